The second kappa shape index (κ2) is 5.08. The third kappa shape index (κ3) is 2.45. The van der Waals surface area contributed by atoms with E-state index in [1.807, 2.05) is 32.0 Å². The summed E-state index contributed by atoms with van der Waals surface area (Å²) in [4.78, 5) is 23.0. The zero-order valence-corrected chi connectivity index (χ0v) is 10.5. The van der Waals surface area contributed by atoms with Crippen LogP contribution >= 0.6 is 0 Å². The Morgan fingerprint density at radius 1 is 1.39 bits per heavy atom. The molecule has 5 heteroatoms. The van der Waals surface area contributed by atoms with E-state index in [0.717, 1.165) is 5.52 Å². The third-order valence-electron chi connectivity index (χ3n) is 2.73. The SMILES string of the molecule is CC(C)C(=O)NCCn1c(=O)oc2ccccc21. The molecule has 0 spiro atoms. The fourth-order valence-corrected chi connectivity index (χ4v) is 1.72. The van der Waals surface area contributed by atoms with Gasteiger partial charge < -0.3 is 9.73 Å². The first-order valence-electron chi connectivity index (χ1n) is 5.95. The number of aromatic nitrogens is 1. The topological polar surface area (TPSA) is 64.2 Å². The van der Waals surface area contributed by atoms with Crippen LogP contribution in [0.1, 0.15) is 13.8 Å². The molecule has 0 saturated carbocycles. The molecule has 0 bridgehead atoms. The normalized spacial score (nSPS) is 11.1. The molecule has 1 N–H and O–H groups in total. The molecule has 0 aliphatic heterocycles. The van der Waals surface area contributed by atoms with E-state index >= 15 is 0 Å². The molecule has 2 aromatic rings. The maximum absolute atomic E-state index is 11.6. The van der Waals surface area contributed by atoms with Crippen LogP contribution in [0.5, 0.6) is 0 Å². The lowest BCUT2D eigenvalue weighted by atomic mass is 10.2. The Kier molecular flexibility index (Phi) is 3.50. The predicted octanol–water partition coefficient (Wildman–Crippen LogP) is 1.37. The number of hydrogen-bond donors (Lipinski definition) is 1. The molecule has 0 saturated heterocycles. The minimum atomic E-state index is -0.394. The Morgan fingerprint density at radius 3 is 2.83 bits per heavy atom. The van der Waals surface area contributed by atoms with E-state index in [0.29, 0.717) is 18.7 Å². The molecule has 18 heavy (non-hydrogen) atoms. The van der Waals surface area contributed by atoms with Crippen molar-refractivity contribution in [1.82, 2.24) is 9.88 Å². The molecule has 0 aliphatic carbocycles. The highest BCUT2D eigenvalue weighted by Gasteiger charge is 2.09. The van der Waals surface area contributed by atoms with Crippen LogP contribution in [-0.4, -0.2) is 17.0 Å². The van der Waals surface area contributed by atoms with Crippen LogP contribution in [0.3, 0.4) is 0 Å². The van der Waals surface area contributed by atoms with Gasteiger partial charge in [-0.3, -0.25) is 9.36 Å². The van der Waals surface area contributed by atoms with Gasteiger partial charge in [-0.25, -0.2) is 4.79 Å². The number of amides is 1. The maximum atomic E-state index is 11.6. The van der Waals surface area contributed by atoms with Crippen LogP contribution in [0.4, 0.5) is 0 Å². The summed E-state index contributed by atoms with van der Waals surface area (Å²) in [5, 5.41) is 2.77. The third-order valence-corrected chi connectivity index (χ3v) is 2.73. The fourth-order valence-electron chi connectivity index (χ4n) is 1.72. The number of rotatable bonds is 4. The van der Waals surface area contributed by atoms with Crippen LogP contribution in [0, 0.1) is 5.92 Å². The van der Waals surface area contributed by atoms with Gasteiger partial charge in [0, 0.05) is 19.0 Å². The van der Waals surface area contributed by atoms with E-state index in [1.165, 1.54) is 4.57 Å². The molecule has 1 aromatic heterocycles. The number of nitrogens with zero attached hydrogens (tertiary/aromatic N) is 1. The van der Waals surface area contributed by atoms with Gasteiger partial charge in [0.15, 0.2) is 5.58 Å². The fraction of sp³-hybridized carbons (Fsp3) is 0.385. The summed E-state index contributed by atoms with van der Waals surface area (Å²) >= 11 is 0. The van der Waals surface area contributed by atoms with Crippen LogP contribution in [0.25, 0.3) is 11.1 Å². The van der Waals surface area contributed by atoms with Gasteiger partial charge in [-0.1, -0.05) is 26.0 Å². The Bertz CT molecular complexity index is 610. The van der Waals surface area contributed by atoms with Crippen LogP contribution < -0.4 is 11.1 Å². The molecule has 2 rings (SSSR count). The molecule has 96 valence electrons. The van der Waals surface area contributed by atoms with E-state index in [2.05, 4.69) is 5.32 Å². The molecule has 5 nitrogen and oxygen atoms in total. The van der Waals surface area contributed by atoms with E-state index in [1.54, 1.807) is 6.07 Å². The zero-order valence-electron chi connectivity index (χ0n) is 10.5. The maximum Gasteiger partial charge on any atom is 0.420 e. The van der Waals surface area contributed by atoms with Crippen LogP contribution in [0.15, 0.2) is 33.5 Å². The Balaban J connectivity index is 2.10. The molecule has 0 radical (unpaired) electrons. The standard InChI is InChI=1S/C13H16N2O3/c1-9(2)12(16)14-7-8-15-10-5-3-4-6-11(10)18-13(15)17/h3-6,9H,7-8H2,1-2H3,(H,14,16). The molecule has 0 aliphatic rings. The Hall–Kier alpha value is -2.04. The Labute approximate surface area is 104 Å². The number of carbonyl (C=O) groups excluding carboxylic acids is 1. The lowest BCUT2D eigenvalue weighted by molar-refractivity contribution is -0.124. The van der Waals surface area contributed by atoms with Crippen molar-refractivity contribution >= 4 is 17.0 Å². The molecule has 0 unspecified atom stereocenters. The van der Waals surface area contributed by atoms with Crippen molar-refractivity contribution in [3.8, 4) is 0 Å². The van der Waals surface area contributed by atoms with Crippen molar-refractivity contribution in [3.05, 3.63) is 34.8 Å². The van der Waals surface area contributed by atoms with Gasteiger partial charge >= 0.3 is 5.76 Å². The molecule has 1 amide bonds. The van der Waals surface area contributed by atoms with Crippen molar-refractivity contribution < 1.29 is 9.21 Å². The van der Waals surface area contributed by atoms with Crippen molar-refractivity contribution in [2.75, 3.05) is 6.54 Å². The molecular formula is C13H16N2O3. The van der Waals surface area contributed by atoms with Crippen molar-refractivity contribution in [2.24, 2.45) is 5.92 Å². The predicted molar refractivity (Wildman–Crippen MR) is 68.3 cm³/mol. The number of carbonyl (C=O) groups is 1. The largest absolute Gasteiger partial charge is 0.420 e. The smallest absolute Gasteiger partial charge is 0.408 e. The van der Waals surface area contributed by atoms with Crippen molar-refractivity contribution in [3.63, 3.8) is 0 Å². The number of fused-ring (bicyclic) bond motifs is 1. The van der Waals surface area contributed by atoms with Gasteiger partial charge in [0.05, 0.1) is 5.52 Å². The zero-order chi connectivity index (χ0) is 13.1. The first-order chi connectivity index (χ1) is 8.59. The summed E-state index contributed by atoms with van der Waals surface area (Å²) in [5.74, 6) is -0.464. The summed E-state index contributed by atoms with van der Waals surface area (Å²) in [5.41, 5.74) is 1.32. The van der Waals surface area contributed by atoms with Gasteiger partial charge in [-0.15, -0.1) is 0 Å². The van der Waals surface area contributed by atoms with E-state index < -0.39 is 5.76 Å². The summed E-state index contributed by atoms with van der Waals surface area (Å²) in [6, 6.07) is 7.24. The molecule has 1 aromatic carbocycles. The van der Waals surface area contributed by atoms with Crippen molar-refractivity contribution in [2.45, 2.75) is 20.4 Å². The Morgan fingerprint density at radius 2 is 2.11 bits per heavy atom. The van der Waals surface area contributed by atoms with E-state index in [-0.39, 0.29) is 11.8 Å². The molecule has 0 fully saturated rings. The van der Waals surface area contributed by atoms with E-state index in [9.17, 15) is 9.59 Å². The number of nitrogens with one attached hydrogen (secondary N) is 1. The van der Waals surface area contributed by atoms with Crippen LogP contribution in [-0.2, 0) is 11.3 Å². The lowest BCUT2D eigenvalue weighted by Crippen LogP contribution is -2.32. The van der Waals surface area contributed by atoms with Gasteiger partial charge in [0.1, 0.15) is 0 Å². The number of benzene rings is 1. The second-order valence-electron chi connectivity index (χ2n) is 4.43. The quantitative estimate of drug-likeness (QED) is 0.888. The highest BCUT2D eigenvalue weighted by Crippen LogP contribution is 2.10. The highest BCUT2D eigenvalue weighted by atomic mass is 16.4. The summed E-state index contributed by atoms with van der Waals surface area (Å²) in [6.45, 7) is 4.48. The minimum absolute atomic E-state index is 0.0177. The van der Waals surface area contributed by atoms with Gasteiger partial charge in [-0.2, -0.15) is 0 Å². The second-order valence-corrected chi connectivity index (χ2v) is 4.43. The van der Waals surface area contributed by atoms with Gasteiger partial charge in [-0.05, 0) is 12.1 Å². The van der Waals surface area contributed by atoms with E-state index in [4.69, 9.17) is 4.42 Å². The number of hydrogen-bond acceptors (Lipinski definition) is 3. The lowest BCUT2D eigenvalue weighted by Gasteiger charge is -2.07. The first kappa shape index (κ1) is 12.4. The monoisotopic (exact) mass is 248 g/mol. The van der Waals surface area contributed by atoms with Crippen LogP contribution in [0.2, 0.25) is 0 Å². The molecule has 0 atom stereocenters. The number of oxazole rings is 1. The summed E-state index contributed by atoms with van der Waals surface area (Å²) in [6.07, 6.45) is 0. The summed E-state index contributed by atoms with van der Waals surface area (Å²) < 4.78 is 6.62. The first-order valence-corrected chi connectivity index (χ1v) is 5.95. The molecule has 1 heterocycles. The summed E-state index contributed by atoms with van der Waals surface area (Å²) in [7, 11) is 0. The average molecular weight is 248 g/mol. The van der Waals surface area contributed by atoms with Crippen molar-refractivity contribution in [1.29, 1.82) is 0 Å². The van der Waals surface area contributed by atoms with Gasteiger partial charge in [0.2, 0.25) is 5.91 Å². The average Bonchev–Trinajstić information content (AvgIpc) is 2.65. The number of para-hydroxylation sites is 2. The van der Waals surface area contributed by atoms with Gasteiger partial charge in [0.25, 0.3) is 0 Å². The molecular weight excluding hydrogens is 232 g/mol. The minimum Gasteiger partial charge on any atom is -0.408 e. The highest BCUT2D eigenvalue weighted by molar-refractivity contribution is 5.77.